The molecule has 0 aromatic carbocycles. The fourth-order valence-electron chi connectivity index (χ4n) is 7.30. The minimum atomic E-state index is -1.46. The van der Waals surface area contributed by atoms with Crippen LogP contribution in [0, 0.1) is 11.3 Å². The number of carbonyl (C=O) groups is 4. The lowest BCUT2D eigenvalue weighted by Crippen LogP contribution is -2.66. The fraction of sp³-hybridized carbons (Fsp3) is 0.769. The van der Waals surface area contributed by atoms with Crippen LogP contribution < -0.4 is 0 Å². The van der Waals surface area contributed by atoms with Gasteiger partial charge in [0, 0.05) is 39.5 Å². The number of esters is 4. The molecule has 0 bridgehead atoms. The molecule has 11 unspecified atom stereocenters. The first-order valence-corrected chi connectivity index (χ1v) is 12.6. The molecule has 5 aliphatic rings. The first-order valence-electron chi connectivity index (χ1n) is 12.6. The van der Waals surface area contributed by atoms with E-state index >= 15 is 0 Å². The summed E-state index contributed by atoms with van der Waals surface area (Å²) in [5.74, 6) is -3.13. The van der Waals surface area contributed by atoms with E-state index in [1.165, 1.54) is 20.8 Å². The van der Waals surface area contributed by atoms with Crippen LogP contribution in [0.15, 0.2) is 11.6 Å². The molecule has 204 valence electrons. The minimum absolute atomic E-state index is 0.0194. The lowest BCUT2D eigenvalue weighted by molar-refractivity contribution is -0.208. The van der Waals surface area contributed by atoms with Crippen molar-refractivity contribution in [3.63, 3.8) is 0 Å². The third-order valence-electron chi connectivity index (χ3n) is 9.23. The van der Waals surface area contributed by atoms with Crippen LogP contribution >= 0.6 is 0 Å². The number of fused-ring (bicyclic) bond motifs is 3. The molecule has 0 aromatic rings. The third-order valence-corrected chi connectivity index (χ3v) is 9.23. The normalized spacial score (nSPS) is 49.6. The number of hydrogen-bond acceptors (Lipinski definition) is 11. The van der Waals surface area contributed by atoms with Gasteiger partial charge in [-0.15, -0.1) is 0 Å². The lowest BCUT2D eigenvalue weighted by Gasteiger charge is -2.53. The predicted molar refractivity (Wildman–Crippen MR) is 123 cm³/mol. The van der Waals surface area contributed by atoms with E-state index < -0.39 is 82.5 Å². The van der Waals surface area contributed by atoms with Crippen LogP contribution in [0.25, 0.3) is 0 Å². The number of hydrogen-bond donors (Lipinski definition) is 1. The van der Waals surface area contributed by atoms with Crippen LogP contribution in [0.1, 0.15) is 61.3 Å². The quantitative estimate of drug-likeness (QED) is 0.246. The van der Waals surface area contributed by atoms with Crippen molar-refractivity contribution >= 4 is 23.9 Å². The molecule has 11 heteroatoms. The first kappa shape index (κ1) is 26.1. The highest BCUT2D eigenvalue weighted by molar-refractivity contribution is 5.89. The van der Waals surface area contributed by atoms with Gasteiger partial charge in [-0.05, 0) is 32.4 Å². The standard InChI is InChI=1S/C26H34O11/c1-11-8-19-26(25(7,37-26)22(31)35-19)21(30)20-23(5,16(33-13(3)28)9-15(11)32-12(2)27)17(34-14(4)29)10-18-24(20,6)36-18/h8,15-21,30H,9-10H2,1-7H3. The molecule has 3 heterocycles. The summed E-state index contributed by atoms with van der Waals surface area (Å²) in [6.45, 7) is 10.7. The van der Waals surface area contributed by atoms with Gasteiger partial charge in [0.05, 0.1) is 23.2 Å². The van der Waals surface area contributed by atoms with Crippen molar-refractivity contribution < 1.29 is 52.7 Å². The van der Waals surface area contributed by atoms with Gasteiger partial charge in [0.1, 0.15) is 18.3 Å². The molecule has 3 saturated heterocycles. The summed E-state index contributed by atoms with van der Waals surface area (Å²) in [5, 5.41) is 12.2. The molecule has 1 spiro atoms. The third kappa shape index (κ3) is 3.50. The van der Waals surface area contributed by atoms with Crippen molar-refractivity contribution in [2.24, 2.45) is 11.3 Å². The second-order valence-corrected chi connectivity index (χ2v) is 11.5. The monoisotopic (exact) mass is 522 g/mol. The molecule has 5 rings (SSSR count). The van der Waals surface area contributed by atoms with Crippen molar-refractivity contribution in [2.75, 3.05) is 0 Å². The molecule has 37 heavy (non-hydrogen) atoms. The largest absolute Gasteiger partial charge is 0.462 e. The Hall–Kier alpha value is -2.50. The molecule has 0 aromatic heterocycles. The Morgan fingerprint density at radius 1 is 0.973 bits per heavy atom. The highest BCUT2D eigenvalue weighted by atomic mass is 16.7. The zero-order chi connectivity index (χ0) is 27.3. The van der Waals surface area contributed by atoms with E-state index in [4.69, 9.17) is 28.4 Å². The number of ether oxygens (including phenoxy) is 6. The number of rotatable bonds is 3. The van der Waals surface area contributed by atoms with Crippen LogP contribution in [-0.4, -0.2) is 82.4 Å². The number of epoxide rings is 2. The van der Waals surface area contributed by atoms with Crippen LogP contribution in [0.4, 0.5) is 0 Å². The van der Waals surface area contributed by atoms with Crippen LogP contribution in [0.3, 0.4) is 0 Å². The van der Waals surface area contributed by atoms with Crippen molar-refractivity contribution in [3.05, 3.63) is 11.6 Å². The molecule has 0 amide bonds. The van der Waals surface area contributed by atoms with Crippen molar-refractivity contribution in [1.29, 1.82) is 0 Å². The van der Waals surface area contributed by atoms with Gasteiger partial charge < -0.3 is 33.5 Å². The molecule has 1 N–H and O–H groups in total. The SMILES string of the molecule is CC(=O)OC1CC(OC(C)=O)C2(C)C(OC(C)=O)CC3OC3(C)C2C(O)C23OC2(C)C(=O)OC3C=C1C. The first-order chi connectivity index (χ1) is 17.1. The maximum absolute atomic E-state index is 12.9. The van der Waals surface area contributed by atoms with Gasteiger partial charge in [-0.1, -0.05) is 6.92 Å². The Morgan fingerprint density at radius 3 is 2.08 bits per heavy atom. The smallest absolute Gasteiger partial charge is 0.342 e. The van der Waals surface area contributed by atoms with E-state index in [9.17, 15) is 24.3 Å². The van der Waals surface area contributed by atoms with Crippen LogP contribution in [-0.2, 0) is 47.6 Å². The Kier molecular flexibility index (Phi) is 5.65. The van der Waals surface area contributed by atoms with E-state index in [2.05, 4.69) is 0 Å². The molecule has 1 saturated carbocycles. The van der Waals surface area contributed by atoms with Gasteiger partial charge in [0.15, 0.2) is 17.3 Å². The van der Waals surface area contributed by atoms with E-state index in [-0.39, 0.29) is 12.5 Å². The summed E-state index contributed by atoms with van der Waals surface area (Å²) in [5.41, 5.74) is -4.47. The Labute approximate surface area is 214 Å². The molecule has 3 aliphatic heterocycles. The van der Waals surface area contributed by atoms with Gasteiger partial charge in [0.2, 0.25) is 0 Å². The van der Waals surface area contributed by atoms with E-state index in [1.54, 1.807) is 26.8 Å². The zero-order valence-electron chi connectivity index (χ0n) is 22.1. The average Bonchev–Trinajstić information content (AvgIpc) is 3.60. The predicted octanol–water partition coefficient (Wildman–Crippen LogP) is 1.13. The summed E-state index contributed by atoms with van der Waals surface area (Å²) in [6.07, 6.45) is -3.35. The number of aliphatic hydroxyl groups is 1. The Morgan fingerprint density at radius 2 is 1.54 bits per heavy atom. The number of carbonyl (C=O) groups excluding carboxylic acids is 4. The van der Waals surface area contributed by atoms with Gasteiger partial charge in [-0.25, -0.2) is 4.79 Å². The highest BCUT2D eigenvalue weighted by Gasteiger charge is 2.88. The molecular formula is C26H34O11. The van der Waals surface area contributed by atoms with Gasteiger partial charge >= 0.3 is 23.9 Å². The summed E-state index contributed by atoms with van der Waals surface area (Å²) >= 11 is 0. The number of aliphatic hydroxyl groups excluding tert-OH is 1. The van der Waals surface area contributed by atoms with Crippen molar-refractivity contribution in [1.82, 2.24) is 0 Å². The zero-order valence-corrected chi connectivity index (χ0v) is 22.1. The van der Waals surface area contributed by atoms with Crippen LogP contribution in [0.5, 0.6) is 0 Å². The van der Waals surface area contributed by atoms with E-state index in [0.29, 0.717) is 12.0 Å². The van der Waals surface area contributed by atoms with Crippen molar-refractivity contribution in [3.8, 4) is 0 Å². The van der Waals surface area contributed by atoms with Gasteiger partial charge in [-0.2, -0.15) is 0 Å². The van der Waals surface area contributed by atoms with Gasteiger partial charge in [0.25, 0.3) is 0 Å². The topological polar surface area (TPSA) is 150 Å². The maximum Gasteiger partial charge on any atom is 0.342 e. The Bertz CT molecular complexity index is 1100. The van der Waals surface area contributed by atoms with Gasteiger partial charge in [-0.3, -0.25) is 14.4 Å². The van der Waals surface area contributed by atoms with Crippen molar-refractivity contribution in [2.45, 2.75) is 115 Å². The van der Waals surface area contributed by atoms with Crippen LogP contribution in [0.2, 0.25) is 0 Å². The second kappa shape index (κ2) is 8.00. The molecule has 11 atom stereocenters. The Balaban J connectivity index is 1.74. The summed E-state index contributed by atoms with van der Waals surface area (Å²) in [4.78, 5) is 49.6. The maximum atomic E-state index is 12.9. The molecule has 4 fully saturated rings. The summed E-state index contributed by atoms with van der Waals surface area (Å²) in [7, 11) is 0. The molecular weight excluding hydrogens is 488 g/mol. The summed E-state index contributed by atoms with van der Waals surface area (Å²) in [6, 6.07) is 0. The lowest BCUT2D eigenvalue weighted by atomic mass is 9.53. The molecule has 11 nitrogen and oxygen atoms in total. The second-order valence-electron chi connectivity index (χ2n) is 11.5. The minimum Gasteiger partial charge on any atom is -0.462 e. The molecule has 2 aliphatic carbocycles. The van der Waals surface area contributed by atoms with E-state index in [1.807, 2.05) is 6.92 Å². The average molecular weight is 523 g/mol. The highest BCUT2D eigenvalue weighted by Crippen LogP contribution is 2.69. The summed E-state index contributed by atoms with van der Waals surface area (Å²) < 4.78 is 35.1. The van der Waals surface area contributed by atoms with E-state index in [0.717, 1.165) is 0 Å². The molecule has 0 radical (unpaired) electrons. The fourth-order valence-corrected chi connectivity index (χ4v) is 7.30.